The standard InChI is InChI=1S/C19H12Cl2N6O3S/c1-10-17(26-31(29,30)12-7-24-25-8-12)19(28)13-2-3-23-9-16(13)27(10)18-14(20)4-11(6-22)5-15(18)21/h2-5,7-9,26H,1H3,(H,24,25). The average molecular weight is 475 g/mol. The summed E-state index contributed by atoms with van der Waals surface area (Å²) in [5.74, 6) is 0. The largest absolute Gasteiger partial charge is 0.307 e. The summed E-state index contributed by atoms with van der Waals surface area (Å²) in [6.07, 6.45) is 5.17. The van der Waals surface area contributed by atoms with Crippen molar-refractivity contribution in [3.63, 3.8) is 0 Å². The van der Waals surface area contributed by atoms with Crippen LogP contribution in [0.5, 0.6) is 0 Å². The lowest BCUT2D eigenvalue weighted by Gasteiger charge is -2.20. The van der Waals surface area contributed by atoms with Crippen LogP contribution in [-0.2, 0) is 10.0 Å². The van der Waals surface area contributed by atoms with Crippen LogP contribution in [0.15, 0.2) is 52.7 Å². The Kier molecular flexibility index (Phi) is 5.18. The quantitative estimate of drug-likeness (QED) is 0.465. The Bertz CT molecular complexity index is 1520. The van der Waals surface area contributed by atoms with Crippen LogP contribution in [0.2, 0.25) is 10.0 Å². The molecular weight excluding hydrogens is 463 g/mol. The minimum atomic E-state index is -4.10. The number of hydrogen-bond acceptors (Lipinski definition) is 6. The number of fused-ring (bicyclic) bond motifs is 1. The van der Waals surface area contributed by atoms with E-state index in [2.05, 4.69) is 19.9 Å². The number of nitriles is 1. The van der Waals surface area contributed by atoms with E-state index in [0.29, 0.717) is 5.52 Å². The van der Waals surface area contributed by atoms with Gasteiger partial charge in [-0.15, -0.1) is 0 Å². The monoisotopic (exact) mass is 474 g/mol. The van der Waals surface area contributed by atoms with Crippen LogP contribution >= 0.6 is 23.2 Å². The normalized spacial score (nSPS) is 11.4. The summed E-state index contributed by atoms with van der Waals surface area (Å²) in [4.78, 5) is 17.1. The van der Waals surface area contributed by atoms with Crippen molar-refractivity contribution in [1.82, 2.24) is 19.7 Å². The molecule has 0 saturated heterocycles. The van der Waals surface area contributed by atoms with E-state index in [4.69, 9.17) is 28.5 Å². The Morgan fingerprint density at radius 1 is 1.23 bits per heavy atom. The third-order valence-corrected chi connectivity index (χ3v) is 6.49. The third kappa shape index (κ3) is 3.53. The summed E-state index contributed by atoms with van der Waals surface area (Å²) in [5.41, 5.74) is 0.397. The molecule has 3 aromatic heterocycles. The predicted octanol–water partition coefficient (Wildman–Crippen LogP) is 3.40. The number of benzene rings is 1. The van der Waals surface area contributed by atoms with Gasteiger partial charge in [-0.3, -0.25) is 19.6 Å². The van der Waals surface area contributed by atoms with Crippen molar-refractivity contribution in [1.29, 1.82) is 5.26 Å². The first-order valence-corrected chi connectivity index (χ1v) is 10.9. The summed E-state index contributed by atoms with van der Waals surface area (Å²) in [7, 11) is -4.10. The number of anilines is 1. The second-order valence-corrected chi connectivity index (χ2v) is 8.95. The van der Waals surface area contributed by atoms with E-state index in [1.807, 2.05) is 6.07 Å². The van der Waals surface area contributed by atoms with Gasteiger partial charge in [-0.05, 0) is 25.1 Å². The third-order valence-electron chi connectivity index (χ3n) is 4.60. The lowest BCUT2D eigenvalue weighted by molar-refractivity contribution is 0.601. The number of hydrogen-bond donors (Lipinski definition) is 2. The number of rotatable bonds is 4. The van der Waals surface area contributed by atoms with E-state index < -0.39 is 15.5 Å². The Hall–Kier alpha value is -3.39. The van der Waals surface area contributed by atoms with Gasteiger partial charge in [0, 0.05) is 18.1 Å². The van der Waals surface area contributed by atoms with Crippen LogP contribution in [-0.4, -0.2) is 28.2 Å². The van der Waals surface area contributed by atoms with Crippen molar-refractivity contribution in [2.24, 2.45) is 0 Å². The number of sulfonamides is 1. The van der Waals surface area contributed by atoms with Gasteiger partial charge in [0.2, 0.25) is 5.43 Å². The summed E-state index contributed by atoms with van der Waals surface area (Å²) in [6.45, 7) is 1.55. The first-order chi connectivity index (χ1) is 14.7. The number of pyridine rings is 2. The molecule has 0 spiro atoms. The maximum Gasteiger partial charge on any atom is 0.265 e. The van der Waals surface area contributed by atoms with Gasteiger partial charge in [0.05, 0.1) is 50.7 Å². The molecule has 31 heavy (non-hydrogen) atoms. The Labute approximate surface area is 185 Å². The molecule has 0 bridgehead atoms. The first-order valence-electron chi connectivity index (χ1n) is 8.65. The first kappa shape index (κ1) is 20.9. The van der Waals surface area contributed by atoms with E-state index in [1.54, 1.807) is 6.92 Å². The molecule has 4 aromatic rings. The fraction of sp³-hybridized carbons (Fsp3) is 0.0526. The maximum absolute atomic E-state index is 13.1. The summed E-state index contributed by atoms with van der Waals surface area (Å²) >= 11 is 12.8. The molecule has 3 heterocycles. The lowest BCUT2D eigenvalue weighted by Crippen LogP contribution is -2.23. The van der Waals surface area contributed by atoms with Gasteiger partial charge in [0.1, 0.15) is 10.6 Å². The topological polar surface area (TPSA) is 134 Å². The Morgan fingerprint density at radius 2 is 1.94 bits per heavy atom. The van der Waals surface area contributed by atoms with Gasteiger partial charge < -0.3 is 4.57 Å². The molecule has 0 amide bonds. The van der Waals surface area contributed by atoms with Crippen LogP contribution in [0.25, 0.3) is 16.6 Å². The van der Waals surface area contributed by atoms with Crippen LogP contribution < -0.4 is 10.2 Å². The van der Waals surface area contributed by atoms with Gasteiger partial charge in [-0.25, -0.2) is 8.42 Å². The minimum absolute atomic E-state index is 0.137. The van der Waals surface area contributed by atoms with Gasteiger partial charge in [-0.2, -0.15) is 10.4 Å². The highest BCUT2D eigenvalue weighted by Crippen LogP contribution is 2.34. The molecule has 156 valence electrons. The van der Waals surface area contributed by atoms with Crippen LogP contribution in [0.4, 0.5) is 5.69 Å². The molecule has 0 saturated carbocycles. The zero-order chi connectivity index (χ0) is 22.3. The number of nitrogens with one attached hydrogen (secondary N) is 2. The average Bonchev–Trinajstić information content (AvgIpc) is 3.29. The van der Waals surface area contributed by atoms with Crippen molar-refractivity contribution < 1.29 is 8.42 Å². The Balaban J connectivity index is 2.07. The van der Waals surface area contributed by atoms with Crippen LogP contribution in [0, 0.1) is 18.3 Å². The van der Waals surface area contributed by atoms with Gasteiger partial charge in [0.25, 0.3) is 10.0 Å². The molecule has 0 unspecified atom stereocenters. The maximum atomic E-state index is 13.1. The predicted molar refractivity (Wildman–Crippen MR) is 116 cm³/mol. The molecule has 0 aliphatic heterocycles. The summed E-state index contributed by atoms with van der Waals surface area (Å²) in [5, 5.41) is 15.7. The fourth-order valence-corrected chi connectivity index (χ4v) is 4.86. The molecule has 1 aromatic carbocycles. The molecule has 9 nitrogen and oxygen atoms in total. The minimum Gasteiger partial charge on any atom is -0.307 e. The molecule has 0 radical (unpaired) electrons. The SMILES string of the molecule is Cc1c(NS(=O)(=O)c2cn[nH]c2)c(=O)c2ccncc2n1-c1c(Cl)cc(C#N)cc1Cl. The van der Waals surface area contributed by atoms with E-state index in [1.165, 1.54) is 41.4 Å². The van der Waals surface area contributed by atoms with Crippen molar-refractivity contribution in [3.8, 4) is 11.8 Å². The van der Waals surface area contributed by atoms with Crippen LogP contribution in [0.3, 0.4) is 0 Å². The number of aromatic amines is 1. The molecule has 2 N–H and O–H groups in total. The molecule has 0 aliphatic carbocycles. The summed E-state index contributed by atoms with van der Waals surface area (Å²) < 4.78 is 29.4. The number of nitrogens with zero attached hydrogens (tertiary/aromatic N) is 4. The van der Waals surface area contributed by atoms with Gasteiger partial charge >= 0.3 is 0 Å². The van der Waals surface area contributed by atoms with Crippen LogP contribution in [0.1, 0.15) is 11.3 Å². The highest BCUT2D eigenvalue weighted by molar-refractivity contribution is 7.92. The molecule has 0 atom stereocenters. The van der Waals surface area contributed by atoms with E-state index in [0.717, 1.165) is 6.20 Å². The second kappa shape index (κ2) is 7.70. The molecular formula is C19H12Cl2N6O3S. The molecule has 0 fully saturated rings. The van der Waals surface area contributed by atoms with E-state index >= 15 is 0 Å². The number of H-pyrrole nitrogens is 1. The zero-order valence-electron chi connectivity index (χ0n) is 15.7. The van der Waals surface area contributed by atoms with Crippen molar-refractivity contribution in [2.75, 3.05) is 4.72 Å². The molecule has 0 aliphatic rings. The fourth-order valence-electron chi connectivity index (χ4n) is 3.18. The number of halogens is 2. The van der Waals surface area contributed by atoms with Crippen molar-refractivity contribution >= 4 is 49.8 Å². The smallest absolute Gasteiger partial charge is 0.265 e. The highest BCUT2D eigenvalue weighted by atomic mass is 35.5. The molecule has 4 rings (SSSR count). The highest BCUT2D eigenvalue weighted by Gasteiger charge is 2.24. The molecule has 12 heteroatoms. The summed E-state index contributed by atoms with van der Waals surface area (Å²) in [6, 6.07) is 6.29. The lowest BCUT2D eigenvalue weighted by atomic mass is 10.1. The zero-order valence-corrected chi connectivity index (χ0v) is 18.0. The second-order valence-electron chi connectivity index (χ2n) is 6.46. The van der Waals surface area contributed by atoms with Crippen molar-refractivity contribution in [3.05, 3.63) is 74.5 Å². The van der Waals surface area contributed by atoms with Crippen molar-refractivity contribution in [2.45, 2.75) is 11.8 Å². The van der Waals surface area contributed by atoms with E-state index in [-0.39, 0.29) is 43.0 Å². The number of aromatic nitrogens is 4. The Morgan fingerprint density at radius 3 is 2.55 bits per heavy atom. The van der Waals surface area contributed by atoms with Gasteiger partial charge in [0.15, 0.2) is 0 Å². The van der Waals surface area contributed by atoms with E-state index in [9.17, 15) is 13.2 Å². The van der Waals surface area contributed by atoms with Gasteiger partial charge in [-0.1, -0.05) is 23.2 Å².